The highest BCUT2D eigenvalue weighted by atomic mass is 32.2. The number of sulfonamides is 1. The van der Waals surface area contributed by atoms with Crippen LogP contribution < -0.4 is 4.72 Å². The molecule has 1 N–H and O–H groups in total. The third kappa shape index (κ3) is 5.53. The van der Waals surface area contributed by atoms with Crippen LogP contribution in [0.5, 0.6) is 0 Å². The van der Waals surface area contributed by atoms with Gasteiger partial charge < -0.3 is 4.90 Å². The number of piperidine rings is 1. The van der Waals surface area contributed by atoms with Crippen LogP contribution in [0.3, 0.4) is 0 Å². The third-order valence-electron chi connectivity index (χ3n) is 5.18. The molecule has 1 fully saturated rings. The number of hydrogen-bond acceptors (Lipinski definition) is 4. The number of rotatable bonds is 7. The molecule has 0 aliphatic carbocycles. The van der Waals surface area contributed by atoms with Crippen LogP contribution in [-0.4, -0.2) is 61.4 Å². The lowest BCUT2D eigenvalue weighted by Gasteiger charge is -2.39. The van der Waals surface area contributed by atoms with Crippen LogP contribution in [0.4, 0.5) is 0 Å². The molecule has 0 aromatic heterocycles. The minimum atomic E-state index is -3.49. The Kier molecular flexibility index (Phi) is 7.42. The molecule has 0 radical (unpaired) electrons. The lowest BCUT2D eigenvalue weighted by atomic mass is 10.0. The standard InChI is InChI=1S/C20H33N3O3S/c1-15(2)23(16(3)4)20(24)17(5)22-13-11-18(12-14-22)21-27(25,26)19-9-7-6-8-10-19/h6-10,15-18,21H,11-14H2,1-5H3. The van der Waals surface area contributed by atoms with Gasteiger partial charge in [0, 0.05) is 31.2 Å². The van der Waals surface area contributed by atoms with E-state index in [1.807, 2.05) is 39.5 Å². The van der Waals surface area contributed by atoms with Gasteiger partial charge in [0.15, 0.2) is 0 Å². The highest BCUT2D eigenvalue weighted by molar-refractivity contribution is 7.89. The van der Waals surface area contributed by atoms with E-state index < -0.39 is 10.0 Å². The zero-order valence-corrected chi connectivity index (χ0v) is 17.9. The molecule has 1 aromatic rings. The summed E-state index contributed by atoms with van der Waals surface area (Å²) in [6, 6.07) is 8.48. The highest BCUT2D eigenvalue weighted by Gasteiger charge is 2.32. The molecule has 27 heavy (non-hydrogen) atoms. The average Bonchev–Trinajstić information content (AvgIpc) is 2.61. The molecule has 1 atom stereocenters. The first kappa shape index (κ1) is 21.9. The Balaban J connectivity index is 1.94. The molecule has 1 saturated heterocycles. The Labute approximate surface area is 164 Å². The van der Waals surface area contributed by atoms with Gasteiger partial charge in [0.2, 0.25) is 15.9 Å². The van der Waals surface area contributed by atoms with Crippen molar-refractivity contribution in [2.24, 2.45) is 0 Å². The van der Waals surface area contributed by atoms with Crippen molar-refractivity contribution in [3.8, 4) is 0 Å². The maximum Gasteiger partial charge on any atom is 0.240 e. The van der Waals surface area contributed by atoms with E-state index in [1.165, 1.54) is 0 Å². The zero-order chi connectivity index (χ0) is 20.2. The summed E-state index contributed by atoms with van der Waals surface area (Å²) >= 11 is 0. The van der Waals surface area contributed by atoms with E-state index in [9.17, 15) is 13.2 Å². The van der Waals surface area contributed by atoms with E-state index in [4.69, 9.17) is 0 Å². The van der Waals surface area contributed by atoms with Crippen LogP contribution in [-0.2, 0) is 14.8 Å². The topological polar surface area (TPSA) is 69.7 Å². The van der Waals surface area contributed by atoms with Gasteiger partial charge in [0.05, 0.1) is 10.9 Å². The van der Waals surface area contributed by atoms with Crippen molar-refractivity contribution in [2.75, 3.05) is 13.1 Å². The smallest absolute Gasteiger partial charge is 0.240 e. The second kappa shape index (κ2) is 9.17. The third-order valence-corrected chi connectivity index (χ3v) is 6.71. The normalized spacial score (nSPS) is 18.0. The zero-order valence-electron chi connectivity index (χ0n) is 17.1. The fourth-order valence-electron chi connectivity index (χ4n) is 3.77. The Morgan fingerprint density at radius 2 is 1.56 bits per heavy atom. The summed E-state index contributed by atoms with van der Waals surface area (Å²) in [7, 11) is -3.49. The van der Waals surface area contributed by atoms with Gasteiger partial charge in [0.1, 0.15) is 0 Å². The second-order valence-corrected chi connectivity index (χ2v) is 9.57. The van der Waals surface area contributed by atoms with Crippen molar-refractivity contribution in [2.45, 2.75) is 76.5 Å². The summed E-state index contributed by atoms with van der Waals surface area (Å²) in [6.45, 7) is 11.5. The van der Waals surface area contributed by atoms with E-state index >= 15 is 0 Å². The van der Waals surface area contributed by atoms with Gasteiger partial charge in [-0.1, -0.05) is 18.2 Å². The summed E-state index contributed by atoms with van der Waals surface area (Å²) in [5.74, 6) is 0.142. The van der Waals surface area contributed by atoms with Crippen LogP contribution in [0.15, 0.2) is 35.2 Å². The molecular formula is C20H33N3O3S. The van der Waals surface area contributed by atoms with Crippen molar-refractivity contribution in [3.05, 3.63) is 30.3 Å². The minimum absolute atomic E-state index is 0.0972. The fraction of sp³-hybridized carbons (Fsp3) is 0.650. The maximum atomic E-state index is 12.9. The van der Waals surface area contributed by atoms with Gasteiger partial charge in [-0.15, -0.1) is 0 Å². The summed E-state index contributed by atoms with van der Waals surface area (Å²) in [5, 5.41) is 0. The Morgan fingerprint density at radius 3 is 2.04 bits per heavy atom. The van der Waals surface area contributed by atoms with E-state index in [2.05, 4.69) is 9.62 Å². The fourth-order valence-corrected chi connectivity index (χ4v) is 5.09. The largest absolute Gasteiger partial charge is 0.336 e. The van der Waals surface area contributed by atoms with Gasteiger partial charge in [-0.2, -0.15) is 0 Å². The predicted octanol–water partition coefficient (Wildman–Crippen LogP) is 2.46. The van der Waals surface area contributed by atoms with Crippen LogP contribution in [0, 0.1) is 0 Å². The SMILES string of the molecule is CC(C(=O)N(C(C)C)C(C)C)N1CCC(NS(=O)(=O)c2ccccc2)CC1. The number of benzene rings is 1. The second-order valence-electron chi connectivity index (χ2n) is 7.85. The van der Waals surface area contributed by atoms with Crippen LogP contribution in [0.2, 0.25) is 0 Å². The highest BCUT2D eigenvalue weighted by Crippen LogP contribution is 2.19. The van der Waals surface area contributed by atoms with Crippen molar-refractivity contribution >= 4 is 15.9 Å². The Hall–Kier alpha value is -1.44. The number of likely N-dealkylation sites (tertiary alicyclic amines) is 1. The molecule has 1 heterocycles. The molecule has 1 aromatic carbocycles. The number of amides is 1. The first-order chi connectivity index (χ1) is 12.6. The lowest BCUT2D eigenvalue weighted by Crippen LogP contribution is -2.55. The average molecular weight is 396 g/mol. The van der Waals surface area contributed by atoms with Crippen molar-refractivity contribution < 1.29 is 13.2 Å². The predicted molar refractivity (Wildman–Crippen MR) is 108 cm³/mol. The van der Waals surface area contributed by atoms with E-state index in [1.54, 1.807) is 30.3 Å². The summed E-state index contributed by atoms with van der Waals surface area (Å²) in [6.07, 6.45) is 1.40. The number of hydrogen-bond donors (Lipinski definition) is 1. The van der Waals surface area contributed by atoms with Crippen LogP contribution >= 0.6 is 0 Å². The van der Waals surface area contributed by atoms with Crippen LogP contribution in [0.25, 0.3) is 0 Å². The molecule has 1 amide bonds. The molecule has 0 saturated carbocycles. The first-order valence-corrected chi connectivity index (χ1v) is 11.3. The Morgan fingerprint density at radius 1 is 1.04 bits per heavy atom. The van der Waals surface area contributed by atoms with Gasteiger partial charge in [-0.05, 0) is 59.6 Å². The van der Waals surface area contributed by atoms with Crippen molar-refractivity contribution in [1.29, 1.82) is 0 Å². The molecule has 1 aliphatic heterocycles. The van der Waals surface area contributed by atoms with E-state index in [0.717, 1.165) is 0 Å². The quantitative estimate of drug-likeness (QED) is 0.770. The van der Waals surface area contributed by atoms with Gasteiger partial charge >= 0.3 is 0 Å². The number of nitrogens with one attached hydrogen (secondary N) is 1. The van der Waals surface area contributed by atoms with Gasteiger partial charge in [0.25, 0.3) is 0 Å². The number of carbonyl (C=O) groups excluding carboxylic acids is 1. The molecule has 152 valence electrons. The Bertz CT molecular complexity index is 703. The summed E-state index contributed by atoms with van der Waals surface area (Å²) in [4.78, 5) is 17.3. The molecular weight excluding hydrogens is 362 g/mol. The summed E-state index contributed by atoms with van der Waals surface area (Å²) in [5.41, 5.74) is 0. The lowest BCUT2D eigenvalue weighted by molar-refractivity contribution is -0.140. The van der Waals surface area contributed by atoms with Crippen molar-refractivity contribution in [1.82, 2.24) is 14.5 Å². The molecule has 7 heteroatoms. The summed E-state index contributed by atoms with van der Waals surface area (Å²) < 4.78 is 27.8. The molecule has 1 unspecified atom stereocenters. The minimum Gasteiger partial charge on any atom is -0.336 e. The van der Waals surface area contributed by atoms with E-state index in [0.29, 0.717) is 30.8 Å². The van der Waals surface area contributed by atoms with Crippen LogP contribution in [0.1, 0.15) is 47.5 Å². The van der Waals surface area contributed by atoms with Crippen molar-refractivity contribution in [3.63, 3.8) is 0 Å². The van der Waals surface area contributed by atoms with E-state index in [-0.39, 0.29) is 30.1 Å². The maximum absolute atomic E-state index is 12.9. The molecule has 0 spiro atoms. The number of carbonyl (C=O) groups is 1. The number of nitrogens with zero attached hydrogens (tertiary/aromatic N) is 2. The van der Waals surface area contributed by atoms with Gasteiger partial charge in [-0.25, -0.2) is 13.1 Å². The molecule has 0 bridgehead atoms. The monoisotopic (exact) mass is 395 g/mol. The molecule has 6 nitrogen and oxygen atoms in total. The van der Waals surface area contributed by atoms with Gasteiger partial charge in [-0.3, -0.25) is 9.69 Å². The first-order valence-electron chi connectivity index (χ1n) is 9.77. The molecule has 2 rings (SSSR count). The molecule has 1 aliphatic rings.